The number of aromatic nitrogens is 1. The second-order valence-electron chi connectivity index (χ2n) is 7.14. The molecule has 0 aliphatic heterocycles. The van der Waals surface area contributed by atoms with E-state index in [9.17, 15) is 12.8 Å². The highest BCUT2D eigenvalue weighted by Gasteiger charge is 2.15. The Bertz CT molecular complexity index is 1250. The van der Waals surface area contributed by atoms with Crippen LogP contribution in [0.2, 0.25) is 0 Å². The fraction of sp³-hybridized carbons (Fsp3) is 0.227. The van der Waals surface area contributed by atoms with Gasteiger partial charge in [0.15, 0.2) is 5.58 Å². The SMILES string of the molecule is O=S(=O)(Nc1cccc(CNCCCCc2noc3cc(F)ccc23)c1)c1cccs1. The molecule has 0 aliphatic rings. The number of rotatable bonds is 10. The number of benzene rings is 2. The van der Waals surface area contributed by atoms with E-state index in [-0.39, 0.29) is 5.82 Å². The summed E-state index contributed by atoms with van der Waals surface area (Å²) in [5.41, 5.74) is 2.86. The van der Waals surface area contributed by atoms with Gasteiger partial charge in [0.2, 0.25) is 0 Å². The Balaban J connectivity index is 1.22. The van der Waals surface area contributed by atoms with Gasteiger partial charge in [-0.1, -0.05) is 23.4 Å². The molecule has 6 nitrogen and oxygen atoms in total. The molecule has 2 aromatic heterocycles. The first kappa shape index (κ1) is 21.5. The van der Waals surface area contributed by atoms with Crippen molar-refractivity contribution in [2.45, 2.75) is 30.0 Å². The third kappa shape index (κ3) is 5.49. The summed E-state index contributed by atoms with van der Waals surface area (Å²) >= 11 is 1.18. The van der Waals surface area contributed by atoms with E-state index in [1.165, 1.54) is 23.5 Å². The smallest absolute Gasteiger partial charge is 0.271 e. The van der Waals surface area contributed by atoms with E-state index >= 15 is 0 Å². The Hall–Kier alpha value is -2.75. The van der Waals surface area contributed by atoms with Crippen molar-refractivity contribution in [3.8, 4) is 0 Å². The summed E-state index contributed by atoms with van der Waals surface area (Å²) in [5.74, 6) is -0.331. The summed E-state index contributed by atoms with van der Waals surface area (Å²) in [4.78, 5) is 0. The Kier molecular flexibility index (Phi) is 6.64. The zero-order chi connectivity index (χ0) is 21.7. The predicted molar refractivity (Wildman–Crippen MR) is 120 cm³/mol. The molecule has 162 valence electrons. The van der Waals surface area contributed by atoms with E-state index in [0.29, 0.717) is 22.0 Å². The average molecular weight is 460 g/mol. The van der Waals surface area contributed by atoms with E-state index < -0.39 is 10.0 Å². The van der Waals surface area contributed by atoms with Gasteiger partial charge in [0.1, 0.15) is 10.0 Å². The molecule has 0 unspecified atom stereocenters. The zero-order valence-corrected chi connectivity index (χ0v) is 18.3. The van der Waals surface area contributed by atoms with Gasteiger partial charge < -0.3 is 9.84 Å². The van der Waals surface area contributed by atoms with Gasteiger partial charge in [-0.15, -0.1) is 11.3 Å². The van der Waals surface area contributed by atoms with Crippen molar-refractivity contribution in [2.24, 2.45) is 0 Å². The lowest BCUT2D eigenvalue weighted by Crippen LogP contribution is -2.15. The number of halogens is 1. The maximum Gasteiger partial charge on any atom is 0.271 e. The summed E-state index contributed by atoms with van der Waals surface area (Å²) < 4.78 is 46.0. The molecule has 0 aliphatic carbocycles. The lowest BCUT2D eigenvalue weighted by Gasteiger charge is -2.09. The number of thiophene rings is 1. The first-order valence-corrected chi connectivity index (χ1v) is 12.3. The van der Waals surface area contributed by atoms with Crippen molar-refractivity contribution < 1.29 is 17.3 Å². The molecule has 0 amide bonds. The van der Waals surface area contributed by atoms with Gasteiger partial charge in [-0.2, -0.15) is 0 Å². The van der Waals surface area contributed by atoms with Crippen molar-refractivity contribution in [3.05, 3.63) is 77.1 Å². The molecule has 31 heavy (non-hydrogen) atoms. The minimum absolute atomic E-state index is 0.293. The fourth-order valence-corrected chi connectivity index (χ4v) is 5.33. The molecule has 9 heteroatoms. The highest BCUT2D eigenvalue weighted by atomic mass is 32.2. The zero-order valence-electron chi connectivity index (χ0n) is 16.7. The van der Waals surface area contributed by atoms with Crippen LogP contribution in [0.1, 0.15) is 24.1 Å². The molecule has 0 bridgehead atoms. The second-order valence-corrected chi connectivity index (χ2v) is 10.00. The Labute approximate surface area is 184 Å². The topological polar surface area (TPSA) is 84.2 Å². The standard InChI is InChI=1S/C22H22FN3O3S2/c23-17-9-10-19-20(25-29-21(19)14-17)7-1-2-11-24-15-16-5-3-6-18(13-16)26-31(27,28)22-8-4-12-30-22/h3-6,8-10,12-14,24,26H,1-2,7,11,15H2. The number of nitrogens with zero attached hydrogens (tertiary/aromatic N) is 1. The largest absolute Gasteiger partial charge is 0.356 e. The number of hydrogen-bond acceptors (Lipinski definition) is 6. The third-order valence-corrected chi connectivity index (χ3v) is 7.57. The van der Waals surface area contributed by atoms with Crippen molar-refractivity contribution in [2.75, 3.05) is 11.3 Å². The number of fused-ring (bicyclic) bond motifs is 1. The number of nitrogens with one attached hydrogen (secondary N) is 2. The first-order chi connectivity index (χ1) is 15.0. The number of anilines is 1. The molecular formula is C22H22FN3O3S2. The lowest BCUT2D eigenvalue weighted by atomic mass is 10.1. The highest BCUT2D eigenvalue weighted by Crippen LogP contribution is 2.22. The van der Waals surface area contributed by atoms with Crippen molar-refractivity contribution in [1.29, 1.82) is 0 Å². The van der Waals surface area contributed by atoms with Gasteiger partial charge in [0, 0.05) is 23.7 Å². The van der Waals surface area contributed by atoms with Crippen LogP contribution in [0.3, 0.4) is 0 Å². The normalized spacial score (nSPS) is 11.8. The van der Waals surface area contributed by atoms with Crippen LogP contribution in [0, 0.1) is 5.82 Å². The van der Waals surface area contributed by atoms with Crippen LogP contribution in [0.5, 0.6) is 0 Å². The van der Waals surface area contributed by atoms with E-state index in [4.69, 9.17) is 4.52 Å². The highest BCUT2D eigenvalue weighted by molar-refractivity contribution is 7.94. The number of hydrogen-bond donors (Lipinski definition) is 2. The van der Waals surface area contributed by atoms with E-state index in [0.717, 1.165) is 42.5 Å². The quantitative estimate of drug-likeness (QED) is 0.328. The van der Waals surface area contributed by atoms with Crippen molar-refractivity contribution in [3.63, 3.8) is 0 Å². The van der Waals surface area contributed by atoms with Crippen molar-refractivity contribution >= 4 is 38.0 Å². The van der Waals surface area contributed by atoms with Crippen LogP contribution < -0.4 is 10.0 Å². The predicted octanol–water partition coefficient (Wildman–Crippen LogP) is 4.94. The van der Waals surface area contributed by atoms with Gasteiger partial charge in [-0.3, -0.25) is 4.72 Å². The van der Waals surface area contributed by atoms with E-state index in [2.05, 4.69) is 15.2 Å². The van der Waals surface area contributed by atoms with Crippen LogP contribution in [-0.2, 0) is 23.0 Å². The number of sulfonamides is 1. The summed E-state index contributed by atoms with van der Waals surface area (Å²) in [6.07, 6.45) is 2.63. The monoisotopic (exact) mass is 459 g/mol. The fourth-order valence-electron chi connectivity index (χ4n) is 3.29. The Morgan fingerprint density at radius 3 is 2.81 bits per heavy atom. The second kappa shape index (κ2) is 9.59. The van der Waals surface area contributed by atoms with Crippen LogP contribution in [0.4, 0.5) is 10.1 Å². The van der Waals surface area contributed by atoms with Gasteiger partial charge >= 0.3 is 0 Å². The van der Waals surface area contributed by atoms with Gasteiger partial charge in [0.25, 0.3) is 10.0 Å². The molecular weight excluding hydrogens is 437 g/mol. The van der Waals surface area contributed by atoms with E-state index in [1.807, 2.05) is 18.2 Å². The Morgan fingerprint density at radius 1 is 1.06 bits per heavy atom. The molecule has 2 heterocycles. The van der Waals surface area contributed by atoms with E-state index in [1.54, 1.807) is 29.6 Å². The summed E-state index contributed by atoms with van der Waals surface area (Å²) in [5, 5.41) is 10.0. The van der Waals surface area contributed by atoms with Gasteiger partial charge in [-0.05, 0) is 67.1 Å². The minimum atomic E-state index is -3.55. The summed E-state index contributed by atoms with van der Waals surface area (Å²) in [7, 11) is -3.55. The van der Waals surface area contributed by atoms with Crippen LogP contribution >= 0.6 is 11.3 Å². The molecule has 4 aromatic rings. The van der Waals surface area contributed by atoms with Crippen molar-refractivity contribution in [1.82, 2.24) is 10.5 Å². The van der Waals surface area contributed by atoms with Crippen LogP contribution in [-0.4, -0.2) is 20.1 Å². The molecule has 0 atom stereocenters. The van der Waals surface area contributed by atoms with Gasteiger partial charge in [-0.25, -0.2) is 12.8 Å². The molecule has 4 rings (SSSR count). The lowest BCUT2D eigenvalue weighted by molar-refractivity contribution is 0.442. The minimum Gasteiger partial charge on any atom is -0.356 e. The average Bonchev–Trinajstić information content (AvgIpc) is 3.41. The number of unbranched alkanes of at least 4 members (excludes halogenated alkanes) is 1. The maximum atomic E-state index is 13.2. The van der Waals surface area contributed by atoms with Crippen LogP contribution in [0.25, 0.3) is 11.0 Å². The maximum absolute atomic E-state index is 13.2. The molecule has 2 aromatic carbocycles. The molecule has 0 spiro atoms. The molecule has 0 saturated carbocycles. The summed E-state index contributed by atoms with van der Waals surface area (Å²) in [6.45, 7) is 1.45. The number of aryl methyl sites for hydroxylation is 1. The Morgan fingerprint density at radius 2 is 1.97 bits per heavy atom. The first-order valence-electron chi connectivity index (χ1n) is 9.91. The molecule has 0 saturated heterocycles. The molecule has 2 N–H and O–H groups in total. The summed E-state index contributed by atoms with van der Waals surface area (Å²) in [6, 6.07) is 15.1. The van der Waals surface area contributed by atoms with Gasteiger partial charge in [0.05, 0.1) is 5.69 Å². The molecule has 0 radical (unpaired) electrons. The third-order valence-electron chi connectivity index (χ3n) is 4.79. The van der Waals surface area contributed by atoms with Crippen LogP contribution in [0.15, 0.2) is 68.7 Å². The molecule has 0 fully saturated rings.